The number of rotatable bonds is 7. The average Bonchev–Trinajstić information content (AvgIpc) is 2.87. The molecule has 0 aliphatic rings. The van der Waals surface area contributed by atoms with Gasteiger partial charge in [-0.3, -0.25) is 4.79 Å². The number of aliphatic hydroxyl groups is 1. The van der Waals surface area contributed by atoms with E-state index in [2.05, 4.69) is 29.4 Å². The summed E-state index contributed by atoms with van der Waals surface area (Å²) in [5.41, 5.74) is 3.24. The van der Waals surface area contributed by atoms with Crippen molar-refractivity contribution >= 4 is 17.7 Å². The lowest BCUT2D eigenvalue weighted by Gasteiger charge is -2.07. The van der Waals surface area contributed by atoms with Crippen molar-refractivity contribution in [1.82, 2.24) is 14.9 Å². The molecule has 2 rings (SSSR count). The summed E-state index contributed by atoms with van der Waals surface area (Å²) in [5, 5.41) is 12.8. The summed E-state index contributed by atoms with van der Waals surface area (Å²) in [6.07, 6.45) is 2.46. The molecule has 5 nitrogen and oxygen atoms in total. The Bertz CT molecular complexity index is 640. The van der Waals surface area contributed by atoms with Gasteiger partial charge in [0, 0.05) is 13.6 Å². The van der Waals surface area contributed by atoms with E-state index < -0.39 is 0 Å². The Morgan fingerprint density at radius 2 is 2.18 bits per heavy atom. The van der Waals surface area contributed by atoms with Gasteiger partial charge in [-0.15, -0.1) is 0 Å². The van der Waals surface area contributed by atoms with E-state index in [4.69, 9.17) is 5.11 Å². The largest absolute Gasteiger partial charge is 0.390 e. The Morgan fingerprint density at radius 1 is 1.41 bits per heavy atom. The van der Waals surface area contributed by atoms with Crippen LogP contribution in [0.25, 0.3) is 0 Å². The molecule has 0 aliphatic carbocycles. The number of aromatic nitrogens is 2. The minimum atomic E-state index is -0.0489. The maximum Gasteiger partial charge on any atom is 0.230 e. The van der Waals surface area contributed by atoms with Gasteiger partial charge >= 0.3 is 0 Å². The fourth-order valence-corrected chi connectivity index (χ4v) is 2.92. The highest BCUT2D eigenvalue weighted by atomic mass is 32.2. The molecule has 0 saturated heterocycles. The number of nitrogens with zero attached hydrogens (tertiary/aromatic N) is 2. The molecule has 1 aromatic carbocycles. The van der Waals surface area contributed by atoms with Crippen LogP contribution in [-0.2, 0) is 24.9 Å². The predicted molar refractivity (Wildman–Crippen MR) is 87.7 cm³/mol. The molecule has 0 saturated carbocycles. The summed E-state index contributed by atoms with van der Waals surface area (Å²) in [6.45, 7) is 2.66. The lowest BCUT2D eigenvalue weighted by atomic mass is 10.1. The molecule has 2 aromatic rings. The zero-order chi connectivity index (χ0) is 15.9. The van der Waals surface area contributed by atoms with Crippen LogP contribution < -0.4 is 5.32 Å². The van der Waals surface area contributed by atoms with Crippen molar-refractivity contribution in [1.29, 1.82) is 0 Å². The number of hydrogen-bond acceptors (Lipinski definition) is 4. The second kappa shape index (κ2) is 8.00. The van der Waals surface area contributed by atoms with Crippen molar-refractivity contribution in [3.8, 4) is 0 Å². The molecule has 0 atom stereocenters. The van der Waals surface area contributed by atoms with Crippen LogP contribution in [0.15, 0.2) is 35.6 Å². The van der Waals surface area contributed by atoms with Gasteiger partial charge in [-0.1, -0.05) is 36.0 Å². The zero-order valence-electron chi connectivity index (χ0n) is 12.9. The molecule has 1 heterocycles. The monoisotopic (exact) mass is 319 g/mol. The van der Waals surface area contributed by atoms with Gasteiger partial charge < -0.3 is 15.0 Å². The van der Waals surface area contributed by atoms with E-state index in [1.807, 2.05) is 19.2 Å². The second-order valence-electron chi connectivity index (χ2n) is 5.06. The van der Waals surface area contributed by atoms with E-state index in [9.17, 15) is 4.79 Å². The van der Waals surface area contributed by atoms with Crippen LogP contribution in [0.2, 0.25) is 0 Å². The summed E-state index contributed by atoms with van der Waals surface area (Å²) in [6, 6.07) is 8.19. The van der Waals surface area contributed by atoms with Crippen molar-refractivity contribution in [2.24, 2.45) is 7.05 Å². The molecule has 118 valence electrons. The SMILES string of the molecule is Cc1ccccc1CCNC(=O)CSc1ncc(CO)n1C. The van der Waals surface area contributed by atoms with Gasteiger partial charge in [0.2, 0.25) is 5.91 Å². The highest BCUT2D eigenvalue weighted by Gasteiger charge is 2.09. The molecular weight excluding hydrogens is 298 g/mol. The first-order valence-electron chi connectivity index (χ1n) is 7.17. The maximum absolute atomic E-state index is 11.9. The number of amides is 1. The van der Waals surface area contributed by atoms with E-state index in [0.717, 1.165) is 17.3 Å². The molecule has 0 fully saturated rings. The fraction of sp³-hybridized carbons (Fsp3) is 0.375. The number of thioether (sulfide) groups is 1. The Balaban J connectivity index is 1.74. The van der Waals surface area contributed by atoms with Gasteiger partial charge in [-0.25, -0.2) is 4.98 Å². The van der Waals surface area contributed by atoms with E-state index in [-0.39, 0.29) is 12.5 Å². The van der Waals surface area contributed by atoms with E-state index in [0.29, 0.717) is 12.3 Å². The van der Waals surface area contributed by atoms with Crippen LogP contribution in [0.3, 0.4) is 0 Å². The minimum Gasteiger partial charge on any atom is -0.390 e. The minimum absolute atomic E-state index is 0.00728. The lowest BCUT2D eigenvalue weighted by molar-refractivity contribution is -0.118. The normalized spacial score (nSPS) is 10.7. The molecule has 0 aliphatic heterocycles. The van der Waals surface area contributed by atoms with Gasteiger partial charge in [0.1, 0.15) is 0 Å². The number of aliphatic hydroxyl groups excluding tert-OH is 1. The summed E-state index contributed by atoms with van der Waals surface area (Å²) >= 11 is 1.37. The Kier molecular flexibility index (Phi) is 6.03. The third-order valence-electron chi connectivity index (χ3n) is 3.51. The molecular formula is C16H21N3O2S. The smallest absolute Gasteiger partial charge is 0.230 e. The van der Waals surface area contributed by atoms with Crippen molar-refractivity contribution in [3.05, 3.63) is 47.3 Å². The summed E-state index contributed by atoms with van der Waals surface area (Å²) in [7, 11) is 1.83. The van der Waals surface area contributed by atoms with Gasteiger partial charge in [-0.05, 0) is 24.5 Å². The first kappa shape index (κ1) is 16.6. The molecule has 0 spiro atoms. The second-order valence-corrected chi connectivity index (χ2v) is 6.01. The third kappa shape index (κ3) is 4.35. The number of benzene rings is 1. The van der Waals surface area contributed by atoms with Crippen molar-refractivity contribution in [2.75, 3.05) is 12.3 Å². The molecule has 1 aromatic heterocycles. The van der Waals surface area contributed by atoms with Gasteiger partial charge in [-0.2, -0.15) is 0 Å². The van der Waals surface area contributed by atoms with Crippen molar-refractivity contribution in [3.63, 3.8) is 0 Å². The molecule has 6 heteroatoms. The number of nitrogens with one attached hydrogen (secondary N) is 1. The number of hydrogen-bond donors (Lipinski definition) is 2. The molecule has 1 amide bonds. The molecule has 22 heavy (non-hydrogen) atoms. The lowest BCUT2D eigenvalue weighted by Crippen LogP contribution is -2.27. The summed E-state index contributed by atoms with van der Waals surface area (Å²) in [4.78, 5) is 16.0. The first-order chi connectivity index (χ1) is 10.6. The summed E-state index contributed by atoms with van der Waals surface area (Å²) in [5.74, 6) is 0.316. The van der Waals surface area contributed by atoms with Crippen LogP contribution in [0.5, 0.6) is 0 Å². The Morgan fingerprint density at radius 3 is 2.86 bits per heavy atom. The standard InChI is InChI=1S/C16H21N3O2S/c1-12-5-3-4-6-13(12)7-8-17-15(21)11-22-16-18-9-14(10-20)19(16)2/h3-6,9,20H,7-8,10-11H2,1-2H3,(H,17,21). The predicted octanol–water partition coefficient (Wildman–Crippen LogP) is 1.67. The van der Waals surface area contributed by atoms with Crippen LogP contribution in [-0.4, -0.2) is 32.9 Å². The quantitative estimate of drug-likeness (QED) is 0.762. The number of aryl methyl sites for hydroxylation is 1. The Labute approximate surface area is 134 Å². The van der Waals surface area contributed by atoms with Crippen LogP contribution >= 0.6 is 11.8 Å². The van der Waals surface area contributed by atoms with E-state index in [1.165, 1.54) is 22.9 Å². The Hall–Kier alpha value is -1.79. The number of imidazole rings is 1. The molecule has 0 radical (unpaired) electrons. The number of carbonyl (C=O) groups excluding carboxylic acids is 1. The summed E-state index contributed by atoms with van der Waals surface area (Å²) < 4.78 is 1.80. The highest BCUT2D eigenvalue weighted by molar-refractivity contribution is 7.99. The average molecular weight is 319 g/mol. The highest BCUT2D eigenvalue weighted by Crippen LogP contribution is 2.16. The first-order valence-corrected chi connectivity index (χ1v) is 8.16. The van der Waals surface area contributed by atoms with Crippen LogP contribution in [0.1, 0.15) is 16.8 Å². The van der Waals surface area contributed by atoms with Crippen LogP contribution in [0.4, 0.5) is 0 Å². The van der Waals surface area contributed by atoms with E-state index in [1.54, 1.807) is 10.8 Å². The fourth-order valence-electron chi connectivity index (χ4n) is 2.12. The van der Waals surface area contributed by atoms with Gasteiger partial charge in [0.15, 0.2) is 5.16 Å². The third-order valence-corrected chi connectivity index (χ3v) is 4.56. The van der Waals surface area contributed by atoms with Crippen LogP contribution in [0, 0.1) is 6.92 Å². The molecule has 0 unspecified atom stereocenters. The van der Waals surface area contributed by atoms with Crippen molar-refractivity contribution < 1.29 is 9.90 Å². The molecule has 2 N–H and O–H groups in total. The van der Waals surface area contributed by atoms with Gasteiger partial charge in [0.25, 0.3) is 0 Å². The topological polar surface area (TPSA) is 67.2 Å². The van der Waals surface area contributed by atoms with Crippen molar-refractivity contribution in [2.45, 2.75) is 25.1 Å². The zero-order valence-corrected chi connectivity index (χ0v) is 13.7. The molecule has 0 bridgehead atoms. The van der Waals surface area contributed by atoms with E-state index >= 15 is 0 Å². The number of carbonyl (C=O) groups is 1. The van der Waals surface area contributed by atoms with Gasteiger partial charge in [0.05, 0.1) is 24.3 Å². The maximum atomic E-state index is 11.9.